The van der Waals surface area contributed by atoms with Crippen LogP contribution in [0, 0.1) is 0 Å². The van der Waals surface area contributed by atoms with Gasteiger partial charge in [-0.3, -0.25) is 0 Å². The number of rotatable bonds is 7. The van der Waals surface area contributed by atoms with Crippen LogP contribution in [0.3, 0.4) is 0 Å². The Morgan fingerprint density at radius 3 is 2.75 bits per heavy atom. The van der Waals surface area contributed by atoms with E-state index in [1.165, 1.54) is 5.56 Å². The molecular formula is C15H24N4O. The molecule has 2 aromatic rings. The highest BCUT2D eigenvalue weighted by Gasteiger charge is 2.12. The summed E-state index contributed by atoms with van der Waals surface area (Å²) in [6, 6.07) is 2.57. The van der Waals surface area contributed by atoms with Crippen LogP contribution < -0.4 is 5.32 Å². The molecule has 0 fully saturated rings. The highest BCUT2D eigenvalue weighted by molar-refractivity contribution is 5.16. The van der Waals surface area contributed by atoms with Crippen molar-refractivity contribution in [3.05, 3.63) is 35.7 Å². The van der Waals surface area contributed by atoms with Gasteiger partial charge in [0.05, 0.1) is 6.54 Å². The lowest BCUT2D eigenvalue weighted by atomic mass is 10.1. The summed E-state index contributed by atoms with van der Waals surface area (Å²) < 4.78 is 7.33. The lowest BCUT2D eigenvalue weighted by Gasteiger charge is -2.13. The van der Waals surface area contributed by atoms with Gasteiger partial charge in [-0.05, 0) is 24.6 Å². The zero-order valence-corrected chi connectivity index (χ0v) is 12.8. The second-order valence-corrected chi connectivity index (χ2v) is 5.34. The third-order valence-electron chi connectivity index (χ3n) is 3.34. The average Bonchev–Trinajstić information content (AvgIpc) is 3.06. The van der Waals surface area contributed by atoms with Crippen molar-refractivity contribution in [1.29, 1.82) is 0 Å². The second kappa shape index (κ2) is 6.70. The van der Waals surface area contributed by atoms with Gasteiger partial charge in [0.25, 0.3) is 0 Å². The largest absolute Gasteiger partial charge is 0.346 e. The fourth-order valence-corrected chi connectivity index (χ4v) is 2.24. The van der Waals surface area contributed by atoms with Crippen molar-refractivity contribution in [2.24, 2.45) is 0 Å². The minimum absolute atomic E-state index is 0.273. The molecule has 2 rings (SSSR count). The van der Waals surface area contributed by atoms with Crippen LogP contribution in [0.15, 0.2) is 23.0 Å². The molecule has 2 heterocycles. The lowest BCUT2D eigenvalue weighted by Crippen LogP contribution is -2.19. The van der Waals surface area contributed by atoms with Crippen molar-refractivity contribution < 1.29 is 4.52 Å². The molecule has 5 heteroatoms. The third kappa shape index (κ3) is 3.48. The Hall–Kier alpha value is -1.62. The lowest BCUT2D eigenvalue weighted by molar-refractivity contribution is 0.360. The van der Waals surface area contributed by atoms with E-state index < -0.39 is 0 Å². The molecule has 0 aliphatic carbocycles. The van der Waals surface area contributed by atoms with Crippen LogP contribution in [0.5, 0.6) is 0 Å². The molecule has 20 heavy (non-hydrogen) atoms. The van der Waals surface area contributed by atoms with Crippen molar-refractivity contribution >= 4 is 0 Å². The van der Waals surface area contributed by atoms with Gasteiger partial charge >= 0.3 is 0 Å². The number of nitrogens with zero attached hydrogens (tertiary/aromatic N) is 3. The van der Waals surface area contributed by atoms with Gasteiger partial charge in [-0.25, -0.2) is 0 Å². The third-order valence-corrected chi connectivity index (χ3v) is 3.34. The molecule has 0 aromatic carbocycles. The van der Waals surface area contributed by atoms with Crippen molar-refractivity contribution in [3.8, 4) is 0 Å². The average molecular weight is 276 g/mol. The predicted molar refractivity (Wildman–Crippen MR) is 78.6 cm³/mol. The van der Waals surface area contributed by atoms with Crippen molar-refractivity contribution in [1.82, 2.24) is 20.0 Å². The molecule has 0 radical (unpaired) electrons. The highest BCUT2D eigenvalue weighted by atomic mass is 16.5. The van der Waals surface area contributed by atoms with Crippen LogP contribution in [0.25, 0.3) is 0 Å². The number of aromatic nitrogens is 3. The minimum Gasteiger partial charge on any atom is -0.346 e. The van der Waals surface area contributed by atoms with E-state index in [2.05, 4.69) is 52.3 Å². The summed E-state index contributed by atoms with van der Waals surface area (Å²) in [7, 11) is 0. The number of nitrogens with one attached hydrogen (secondary N) is 1. The fraction of sp³-hybridized carbons (Fsp3) is 0.600. The molecule has 1 unspecified atom stereocenters. The van der Waals surface area contributed by atoms with Gasteiger partial charge in [0.15, 0.2) is 5.82 Å². The van der Waals surface area contributed by atoms with E-state index >= 15 is 0 Å². The summed E-state index contributed by atoms with van der Waals surface area (Å²) in [5.74, 6) is 1.70. The molecule has 1 atom stereocenters. The van der Waals surface area contributed by atoms with Crippen LogP contribution in [-0.4, -0.2) is 21.3 Å². The summed E-state index contributed by atoms with van der Waals surface area (Å²) >= 11 is 0. The van der Waals surface area contributed by atoms with Crippen LogP contribution in [0.2, 0.25) is 0 Å². The molecule has 0 saturated heterocycles. The fourth-order valence-electron chi connectivity index (χ4n) is 2.24. The maximum absolute atomic E-state index is 5.23. The zero-order valence-electron chi connectivity index (χ0n) is 12.8. The first-order chi connectivity index (χ1) is 9.63. The second-order valence-electron chi connectivity index (χ2n) is 5.34. The van der Waals surface area contributed by atoms with Crippen molar-refractivity contribution in [2.45, 2.75) is 52.6 Å². The standard InChI is InChI=1S/C15H24N4O/c1-5-13(16-6-2)12-7-8-19(9-12)10-14-17-15(11(3)4)20-18-14/h7-9,11,13,16H,5-6,10H2,1-4H3. The molecule has 0 saturated carbocycles. The smallest absolute Gasteiger partial charge is 0.229 e. The first kappa shape index (κ1) is 14.8. The van der Waals surface area contributed by atoms with E-state index in [0.29, 0.717) is 18.5 Å². The molecule has 5 nitrogen and oxygen atoms in total. The van der Waals surface area contributed by atoms with Gasteiger partial charge in [0.1, 0.15) is 0 Å². The van der Waals surface area contributed by atoms with Crippen LogP contribution in [0.1, 0.15) is 63.4 Å². The van der Waals surface area contributed by atoms with Gasteiger partial charge in [0, 0.05) is 24.4 Å². The quantitative estimate of drug-likeness (QED) is 0.844. The Balaban J connectivity index is 2.04. The monoisotopic (exact) mass is 276 g/mol. The molecule has 2 aromatic heterocycles. The number of hydrogen-bond donors (Lipinski definition) is 1. The Morgan fingerprint density at radius 1 is 1.35 bits per heavy atom. The maximum atomic E-state index is 5.23. The zero-order chi connectivity index (χ0) is 14.5. The molecule has 0 aliphatic heterocycles. The predicted octanol–water partition coefficient (Wildman–Crippen LogP) is 3.10. The van der Waals surface area contributed by atoms with E-state index in [1.54, 1.807) is 0 Å². The first-order valence-corrected chi connectivity index (χ1v) is 7.35. The van der Waals surface area contributed by atoms with Gasteiger partial charge < -0.3 is 14.4 Å². The van der Waals surface area contributed by atoms with E-state index in [9.17, 15) is 0 Å². The molecule has 1 N–H and O–H groups in total. The minimum atomic E-state index is 0.273. The molecule has 0 spiro atoms. The summed E-state index contributed by atoms with van der Waals surface area (Å²) in [5, 5.41) is 7.50. The topological polar surface area (TPSA) is 55.9 Å². The summed E-state index contributed by atoms with van der Waals surface area (Å²) in [6.07, 6.45) is 5.31. The molecule has 0 aliphatic rings. The van der Waals surface area contributed by atoms with Crippen molar-refractivity contribution in [2.75, 3.05) is 6.54 Å². The van der Waals surface area contributed by atoms with Gasteiger partial charge in [0.2, 0.25) is 5.89 Å². The van der Waals surface area contributed by atoms with Crippen molar-refractivity contribution in [3.63, 3.8) is 0 Å². The molecule has 0 bridgehead atoms. The summed E-state index contributed by atoms with van der Waals surface area (Å²) in [4.78, 5) is 4.40. The normalized spacial score (nSPS) is 13.1. The van der Waals surface area contributed by atoms with E-state index in [1.807, 2.05) is 13.8 Å². The Kier molecular flexibility index (Phi) is 4.95. The maximum Gasteiger partial charge on any atom is 0.229 e. The van der Waals surface area contributed by atoms with E-state index in [-0.39, 0.29) is 5.92 Å². The van der Waals surface area contributed by atoms with E-state index in [0.717, 1.165) is 18.8 Å². The first-order valence-electron chi connectivity index (χ1n) is 7.35. The Labute approximate surface area is 120 Å². The SMILES string of the molecule is CCNC(CC)c1ccn(Cc2noc(C(C)C)n2)c1. The molecule has 0 amide bonds. The molecule has 110 valence electrons. The van der Waals surface area contributed by atoms with Crippen LogP contribution in [-0.2, 0) is 6.54 Å². The van der Waals surface area contributed by atoms with E-state index in [4.69, 9.17) is 4.52 Å². The Morgan fingerprint density at radius 2 is 2.15 bits per heavy atom. The Bertz CT molecular complexity index is 529. The summed E-state index contributed by atoms with van der Waals surface area (Å²) in [6.45, 7) is 10.1. The number of hydrogen-bond acceptors (Lipinski definition) is 4. The van der Waals surface area contributed by atoms with Gasteiger partial charge in [-0.1, -0.05) is 32.9 Å². The highest BCUT2D eigenvalue weighted by Crippen LogP contribution is 2.17. The van der Waals surface area contributed by atoms with Crippen LogP contribution >= 0.6 is 0 Å². The summed E-state index contributed by atoms with van der Waals surface area (Å²) in [5.41, 5.74) is 1.31. The van der Waals surface area contributed by atoms with Crippen LogP contribution in [0.4, 0.5) is 0 Å². The van der Waals surface area contributed by atoms with Gasteiger partial charge in [-0.2, -0.15) is 4.98 Å². The van der Waals surface area contributed by atoms with Gasteiger partial charge in [-0.15, -0.1) is 0 Å². The molecular weight excluding hydrogens is 252 g/mol.